The SMILES string of the molecule is C=C(/C=C(\C=C/C)c1c2ccccc2c(C2C=CC(c3ccccc3)=C3Oc4ccccc4C32)c2ccccc12)c1ccccc1. The fourth-order valence-corrected chi connectivity index (χ4v) is 7.38. The lowest BCUT2D eigenvalue weighted by atomic mass is 9.72. The highest BCUT2D eigenvalue weighted by Crippen LogP contribution is 2.56. The summed E-state index contributed by atoms with van der Waals surface area (Å²) in [7, 11) is 0. The summed E-state index contributed by atoms with van der Waals surface area (Å²) < 4.78 is 6.73. The minimum Gasteiger partial charge on any atom is -0.460 e. The van der Waals surface area contributed by atoms with E-state index in [4.69, 9.17) is 4.74 Å². The van der Waals surface area contributed by atoms with Crippen LogP contribution >= 0.6 is 0 Å². The van der Waals surface area contributed by atoms with Gasteiger partial charge in [0.2, 0.25) is 0 Å². The summed E-state index contributed by atoms with van der Waals surface area (Å²) in [5, 5.41) is 5.00. The number of benzene rings is 6. The van der Waals surface area contributed by atoms with Crippen molar-refractivity contribution in [3.05, 3.63) is 204 Å². The van der Waals surface area contributed by atoms with Crippen LogP contribution in [0.1, 0.15) is 46.6 Å². The molecule has 2 unspecified atom stereocenters. The minimum atomic E-state index is 0.0671. The van der Waals surface area contributed by atoms with Gasteiger partial charge in [-0.3, -0.25) is 0 Å². The van der Waals surface area contributed by atoms with Crippen LogP contribution in [0, 0.1) is 0 Å². The first-order valence-electron chi connectivity index (χ1n) is 16.0. The molecule has 0 aromatic heterocycles. The Balaban J connectivity index is 1.39. The molecule has 6 aromatic rings. The summed E-state index contributed by atoms with van der Waals surface area (Å²) in [6.07, 6.45) is 11.3. The van der Waals surface area contributed by atoms with Crippen molar-refractivity contribution in [2.45, 2.75) is 18.8 Å². The van der Waals surface area contributed by atoms with Crippen molar-refractivity contribution in [2.24, 2.45) is 0 Å². The second kappa shape index (κ2) is 11.7. The molecule has 0 saturated heterocycles. The van der Waals surface area contributed by atoms with Crippen LogP contribution in [0.15, 0.2) is 176 Å². The second-order valence-electron chi connectivity index (χ2n) is 12.0. The number of rotatable bonds is 6. The maximum absolute atomic E-state index is 6.73. The van der Waals surface area contributed by atoms with E-state index < -0.39 is 0 Å². The molecule has 0 fully saturated rings. The van der Waals surface area contributed by atoms with Gasteiger partial charge in [-0.05, 0) is 74.0 Å². The van der Waals surface area contributed by atoms with Crippen molar-refractivity contribution >= 4 is 38.3 Å². The largest absolute Gasteiger partial charge is 0.460 e. The Bertz CT molecular complexity index is 2190. The van der Waals surface area contributed by atoms with Gasteiger partial charge in [-0.1, -0.05) is 158 Å². The molecule has 2 atom stereocenters. The van der Waals surface area contributed by atoms with E-state index in [0.29, 0.717) is 0 Å². The van der Waals surface area contributed by atoms with Crippen LogP contribution in [0.3, 0.4) is 0 Å². The van der Waals surface area contributed by atoms with Crippen LogP contribution in [0.4, 0.5) is 0 Å². The summed E-state index contributed by atoms with van der Waals surface area (Å²) in [6.45, 7) is 6.56. The third-order valence-electron chi connectivity index (χ3n) is 9.35. The summed E-state index contributed by atoms with van der Waals surface area (Å²) in [5.41, 5.74) is 9.40. The minimum absolute atomic E-state index is 0.0671. The molecule has 46 heavy (non-hydrogen) atoms. The second-order valence-corrected chi connectivity index (χ2v) is 12.0. The number of allylic oxidation sites excluding steroid dienone is 9. The Hall–Kier alpha value is -5.66. The number of hydrogen-bond acceptors (Lipinski definition) is 1. The molecule has 2 aliphatic rings. The molecule has 8 rings (SSSR count). The third-order valence-corrected chi connectivity index (χ3v) is 9.35. The topological polar surface area (TPSA) is 9.23 Å². The van der Waals surface area contributed by atoms with E-state index >= 15 is 0 Å². The fraction of sp³-hybridized carbons (Fsp3) is 0.0667. The van der Waals surface area contributed by atoms with Crippen molar-refractivity contribution < 1.29 is 4.74 Å². The predicted octanol–water partition coefficient (Wildman–Crippen LogP) is 11.9. The first-order valence-corrected chi connectivity index (χ1v) is 16.0. The summed E-state index contributed by atoms with van der Waals surface area (Å²) in [6, 6.07) is 47.4. The third kappa shape index (κ3) is 4.64. The lowest BCUT2D eigenvalue weighted by Gasteiger charge is -2.30. The first kappa shape index (κ1) is 27.9. The van der Waals surface area contributed by atoms with Gasteiger partial charge in [0.05, 0.1) is 5.92 Å². The summed E-state index contributed by atoms with van der Waals surface area (Å²) in [5.74, 6) is 2.14. The smallest absolute Gasteiger partial charge is 0.130 e. The Labute approximate surface area is 270 Å². The van der Waals surface area contributed by atoms with E-state index in [2.05, 4.69) is 171 Å². The molecular weight excluding hydrogens is 556 g/mol. The number of fused-ring (bicyclic) bond motifs is 5. The lowest BCUT2D eigenvalue weighted by Crippen LogP contribution is -2.16. The Morgan fingerprint density at radius 3 is 1.93 bits per heavy atom. The molecule has 1 heterocycles. The maximum Gasteiger partial charge on any atom is 0.130 e. The van der Waals surface area contributed by atoms with Gasteiger partial charge in [0.25, 0.3) is 0 Å². The molecule has 0 N–H and O–H groups in total. The highest BCUT2D eigenvalue weighted by molar-refractivity contribution is 6.14. The Morgan fingerprint density at radius 2 is 1.26 bits per heavy atom. The number of ether oxygens (including phenoxy) is 1. The molecule has 0 spiro atoms. The van der Waals surface area contributed by atoms with E-state index in [0.717, 1.165) is 33.8 Å². The maximum atomic E-state index is 6.73. The predicted molar refractivity (Wildman–Crippen MR) is 195 cm³/mol. The van der Waals surface area contributed by atoms with Gasteiger partial charge in [0.1, 0.15) is 11.5 Å². The van der Waals surface area contributed by atoms with Crippen molar-refractivity contribution in [3.8, 4) is 5.75 Å². The van der Waals surface area contributed by atoms with E-state index in [1.165, 1.54) is 43.8 Å². The summed E-state index contributed by atoms with van der Waals surface area (Å²) in [4.78, 5) is 0. The molecule has 0 amide bonds. The lowest BCUT2D eigenvalue weighted by molar-refractivity contribution is 0.421. The molecule has 0 saturated carbocycles. The van der Waals surface area contributed by atoms with Crippen molar-refractivity contribution in [2.75, 3.05) is 0 Å². The zero-order valence-corrected chi connectivity index (χ0v) is 25.9. The van der Waals surface area contributed by atoms with E-state index in [1.807, 2.05) is 6.07 Å². The average Bonchev–Trinajstić information content (AvgIpc) is 3.51. The average molecular weight is 591 g/mol. The Kier molecular flexibility index (Phi) is 7.08. The van der Waals surface area contributed by atoms with Crippen molar-refractivity contribution in [1.29, 1.82) is 0 Å². The molecule has 6 aromatic carbocycles. The molecular formula is C45H34O. The highest BCUT2D eigenvalue weighted by atomic mass is 16.5. The number of para-hydroxylation sites is 1. The van der Waals surface area contributed by atoms with E-state index in [-0.39, 0.29) is 11.8 Å². The van der Waals surface area contributed by atoms with Crippen molar-refractivity contribution in [3.63, 3.8) is 0 Å². The molecule has 0 radical (unpaired) electrons. The molecule has 1 aliphatic carbocycles. The van der Waals surface area contributed by atoms with Gasteiger partial charge in [0.15, 0.2) is 0 Å². The van der Waals surface area contributed by atoms with Gasteiger partial charge in [-0.15, -0.1) is 0 Å². The van der Waals surface area contributed by atoms with Crippen LogP contribution in [-0.2, 0) is 0 Å². The fourth-order valence-electron chi connectivity index (χ4n) is 7.38. The van der Waals surface area contributed by atoms with Gasteiger partial charge in [0, 0.05) is 17.1 Å². The van der Waals surface area contributed by atoms with Gasteiger partial charge < -0.3 is 4.74 Å². The van der Waals surface area contributed by atoms with Crippen LogP contribution in [-0.4, -0.2) is 0 Å². The summed E-state index contributed by atoms with van der Waals surface area (Å²) >= 11 is 0. The highest BCUT2D eigenvalue weighted by Gasteiger charge is 2.40. The number of hydrogen-bond donors (Lipinski definition) is 0. The standard InChI is InChI=1S/C45H34O/c1-3-16-33(29-30(2)31-17-6-4-7-18-31)42-35-21-10-12-23-37(35)43(38-24-13-11-22-36(38)42)40-28-27-34(32-19-8-5-9-20-32)45-44(40)39-25-14-15-26-41(39)46-45/h3-29,40,44H,2H2,1H3/b16-3-,33-29+. The molecule has 1 aliphatic heterocycles. The van der Waals surface area contributed by atoms with E-state index in [9.17, 15) is 0 Å². The van der Waals surface area contributed by atoms with Crippen LogP contribution in [0.25, 0.3) is 38.3 Å². The molecule has 1 heteroatoms. The first-order chi connectivity index (χ1) is 22.7. The zero-order valence-electron chi connectivity index (χ0n) is 25.9. The zero-order chi connectivity index (χ0) is 31.0. The van der Waals surface area contributed by atoms with E-state index in [1.54, 1.807) is 0 Å². The normalized spacial score (nSPS) is 17.4. The Morgan fingerprint density at radius 1 is 0.674 bits per heavy atom. The van der Waals surface area contributed by atoms with Gasteiger partial charge in [-0.25, -0.2) is 0 Å². The van der Waals surface area contributed by atoms with Crippen molar-refractivity contribution in [1.82, 2.24) is 0 Å². The molecule has 220 valence electrons. The van der Waals surface area contributed by atoms with Crippen LogP contribution < -0.4 is 4.74 Å². The molecule has 1 nitrogen and oxygen atoms in total. The van der Waals surface area contributed by atoms with Crippen LogP contribution in [0.5, 0.6) is 5.75 Å². The quantitative estimate of drug-likeness (QED) is 0.138. The van der Waals surface area contributed by atoms with Gasteiger partial charge in [-0.2, -0.15) is 0 Å². The van der Waals surface area contributed by atoms with Crippen LogP contribution in [0.2, 0.25) is 0 Å². The van der Waals surface area contributed by atoms with Gasteiger partial charge >= 0.3 is 0 Å². The monoisotopic (exact) mass is 590 g/mol. The molecule has 0 bridgehead atoms.